The lowest BCUT2D eigenvalue weighted by atomic mass is 9.53. The molecule has 142 valence electrons. The van der Waals surface area contributed by atoms with Gasteiger partial charge in [-0.3, -0.25) is 4.79 Å². The molecule has 6 rings (SSSR count). The largest absolute Gasteiger partial charge is 0.347 e. The predicted octanol–water partition coefficient (Wildman–Crippen LogP) is 4.41. The maximum absolute atomic E-state index is 12.9. The summed E-state index contributed by atoms with van der Waals surface area (Å²) in [6, 6.07) is 8.10. The van der Waals surface area contributed by atoms with Crippen molar-refractivity contribution in [3.8, 4) is 0 Å². The molecule has 1 amide bonds. The van der Waals surface area contributed by atoms with Crippen LogP contribution in [0, 0.1) is 17.8 Å². The van der Waals surface area contributed by atoms with Crippen LogP contribution in [-0.4, -0.2) is 21.0 Å². The van der Waals surface area contributed by atoms with E-state index in [1.54, 1.807) is 11.8 Å². The van der Waals surface area contributed by atoms with Gasteiger partial charge in [-0.15, -0.1) is 0 Å². The number of carbonyl (C=O) groups excluding carboxylic acids is 1. The molecule has 1 N–H and O–H groups in total. The molecule has 4 saturated carbocycles. The van der Waals surface area contributed by atoms with Crippen molar-refractivity contribution < 1.29 is 4.79 Å². The Morgan fingerprint density at radius 2 is 1.78 bits per heavy atom. The van der Waals surface area contributed by atoms with Gasteiger partial charge >= 0.3 is 0 Å². The fourth-order valence-corrected chi connectivity index (χ4v) is 6.86. The molecule has 4 bridgehead atoms. The predicted molar refractivity (Wildman–Crippen MR) is 108 cm³/mol. The molecular formula is C22H27N3OS. The summed E-state index contributed by atoms with van der Waals surface area (Å²) in [6.07, 6.45) is 11.6. The molecule has 1 heterocycles. The number of rotatable bonds is 5. The second kappa shape index (κ2) is 6.69. The molecule has 0 saturated heterocycles. The molecule has 0 spiro atoms. The summed E-state index contributed by atoms with van der Waals surface area (Å²) in [7, 11) is 2.01. The number of imidazole rings is 1. The molecule has 27 heavy (non-hydrogen) atoms. The Morgan fingerprint density at radius 1 is 1.15 bits per heavy atom. The molecule has 0 radical (unpaired) electrons. The summed E-state index contributed by atoms with van der Waals surface area (Å²) in [6.45, 7) is 0. The minimum atomic E-state index is 0.0819. The van der Waals surface area contributed by atoms with Gasteiger partial charge in [-0.05, 0) is 74.0 Å². The highest BCUT2D eigenvalue weighted by atomic mass is 32.2. The van der Waals surface area contributed by atoms with E-state index < -0.39 is 0 Å². The first kappa shape index (κ1) is 17.4. The first-order valence-corrected chi connectivity index (χ1v) is 11.1. The van der Waals surface area contributed by atoms with E-state index in [1.807, 2.05) is 36.1 Å². The number of aromatic nitrogens is 2. The molecular weight excluding hydrogens is 354 g/mol. The molecule has 4 aliphatic rings. The summed E-state index contributed by atoms with van der Waals surface area (Å²) >= 11 is 1.72. The van der Waals surface area contributed by atoms with Gasteiger partial charge < -0.3 is 9.88 Å². The molecule has 0 unspecified atom stereocenters. The Labute approximate surface area is 165 Å². The number of hydrogen-bond acceptors (Lipinski definition) is 3. The molecule has 4 aliphatic carbocycles. The molecule has 1 aromatic carbocycles. The van der Waals surface area contributed by atoms with E-state index in [1.165, 1.54) is 44.1 Å². The highest BCUT2D eigenvalue weighted by Gasteiger charge is 2.51. The van der Waals surface area contributed by atoms with Crippen molar-refractivity contribution in [2.45, 2.75) is 55.0 Å². The van der Waals surface area contributed by atoms with Gasteiger partial charge in [-0.1, -0.05) is 23.9 Å². The molecule has 2 aromatic rings. The zero-order valence-electron chi connectivity index (χ0n) is 15.9. The molecule has 1 aromatic heterocycles. The Hall–Kier alpha value is -1.75. The molecule has 4 nitrogen and oxygen atoms in total. The van der Waals surface area contributed by atoms with Crippen LogP contribution in [0.1, 0.15) is 54.4 Å². The summed E-state index contributed by atoms with van der Waals surface area (Å²) in [4.78, 5) is 17.2. The summed E-state index contributed by atoms with van der Waals surface area (Å²) in [5, 5.41) is 4.48. The van der Waals surface area contributed by atoms with Crippen LogP contribution in [0.3, 0.4) is 0 Å². The average molecular weight is 382 g/mol. The minimum Gasteiger partial charge on any atom is -0.347 e. The third-order valence-corrected chi connectivity index (χ3v) is 7.91. The number of aryl methyl sites for hydroxylation is 1. The SMILES string of the molecule is Cn1ccnc1SCc1ccc(C(=O)NC23CC4CC(CC(C4)C2)C3)cc1. The highest BCUT2D eigenvalue weighted by Crippen LogP contribution is 2.55. The van der Waals surface area contributed by atoms with Crippen molar-refractivity contribution >= 4 is 17.7 Å². The van der Waals surface area contributed by atoms with Crippen LogP contribution in [0.4, 0.5) is 0 Å². The van der Waals surface area contributed by atoms with Crippen molar-refractivity contribution in [2.24, 2.45) is 24.8 Å². The van der Waals surface area contributed by atoms with Gasteiger partial charge in [-0.25, -0.2) is 4.98 Å². The lowest BCUT2D eigenvalue weighted by molar-refractivity contribution is -0.0167. The zero-order valence-corrected chi connectivity index (χ0v) is 16.7. The van der Waals surface area contributed by atoms with Gasteiger partial charge in [0.05, 0.1) is 0 Å². The van der Waals surface area contributed by atoms with E-state index in [4.69, 9.17) is 0 Å². The molecule has 5 heteroatoms. The fourth-order valence-electron chi connectivity index (χ4n) is 5.97. The highest BCUT2D eigenvalue weighted by molar-refractivity contribution is 7.98. The van der Waals surface area contributed by atoms with E-state index in [-0.39, 0.29) is 11.4 Å². The number of nitrogens with one attached hydrogen (secondary N) is 1. The van der Waals surface area contributed by atoms with Crippen LogP contribution < -0.4 is 5.32 Å². The first-order chi connectivity index (χ1) is 13.1. The smallest absolute Gasteiger partial charge is 0.251 e. The van der Waals surface area contributed by atoms with Crippen LogP contribution in [0.25, 0.3) is 0 Å². The minimum absolute atomic E-state index is 0.0819. The van der Waals surface area contributed by atoms with Crippen LogP contribution >= 0.6 is 11.8 Å². The van der Waals surface area contributed by atoms with Gasteiger partial charge in [-0.2, -0.15) is 0 Å². The number of hydrogen-bond donors (Lipinski definition) is 1. The molecule has 0 atom stereocenters. The average Bonchev–Trinajstić information content (AvgIpc) is 3.04. The Balaban J connectivity index is 1.23. The quantitative estimate of drug-likeness (QED) is 0.781. The third-order valence-electron chi connectivity index (χ3n) is 6.78. The van der Waals surface area contributed by atoms with E-state index >= 15 is 0 Å². The van der Waals surface area contributed by atoms with Gasteiger partial charge in [0.15, 0.2) is 5.16 Å². The Morgan fingerprint density at radius 3 is 2.33 bits per heavy atom. The van der Waals surface area contributed by atoms with E-state index in [0.717, 1.165) is 34.2 Å². The molecule has 4 fully saturated rings. The zero-order chi connectivity index (χ0) is 18.4. The van der Waals surface area contributed by atoms with Crippen LogP contribution in [-0.2, 0) is 12.8 Å². The summed E-state index contributed by atoms with van der Waals surface area (Å²) in [5.74, 6) is 3.52. The van der Waals surface area contributed by atoms with Gasteiger partial charge in [0, 0.05) is 36.3 Å². The third kappa shape index (κ3) is 3.42. The van der Waals surface area contributed by atoms with Crippen LogP contribution in [0.5, 0.6) is 0 Å². The monoisotopic (exact) mass is 381 g/mol. The van der Waals surface area contributed by atoms with Crippen molar-refractivity contribution in [3.05, 3.63) is 47.8 Å². The van der Waals surface area contributed by atoms with E-state index in [9.17, 15) is 4.79 Å². The number of nitrogens with zero attached hydrogens (tertiary/aromatic N) is 2. The lowest BCUT2D eigenvalue weighted by Crippen LogP contribution is -2.59. The van der Waals surface area contributed by atoms with Gasteiger partial charge in [0.25, 0.3) is 5.91 Å². The summed E-state index contributed by atoms with van der Waals surface area (Å²) in [5.41, 5.74) is 2.09. The maximum Gasteiger partial charge on any atom is 0.251 e. The number of amides is 1. The summed E-state index contributed by atoms with van der Waals surface area (Å²) < 4.78 is 2.03. The lowest BCUT2D eigenvalue weighted by Gasteiger charge is -2.56. The Bertz CT molecular complexity index is 806. The van der Waals surface area contributed by atoms with Gasteiger partial charge in [0.1, 0.15) is 0 Å². The topological polar surface area (TPSA) is 46.9 Å². The number of benzene rings is 1. The maximum atomic E-state index is 12.9. The normalized spacial score (nSPS) is 31.2. The standard InChI is InChI=1S/C22H27N3OS/c1-25-7-6-23-21(25)27-14-15-2-4-19(5-3-15)20(26)24-22-11-16-8-17(12-22)10-18(9-16)13-22/h2-7,16-18H,8-14H2,1H3,(H,24,26). The first-order valence-electron chi connectivity index (χ1n) is 10.1. The van der Waals surface area contributed by atoms with Crippen LogP contribution in [0.2, 0.25) is 0 Å². The van der Waals surface area contributed by atoms with E-state index in [0.29, 0.717) is 0 Å². The van der Waals surface area contributed by atoms with Crippen molar-refractivity contribution in [2.75, 3.05) is 0 Å². The second-order valence-electron chi connectivity index (χ2n) is 8.96. The number of thioether (sulfide) groups is 1. The van der Waals surface area contributed by atoms with Gasteiger partial charge in [0.2, 0.25) is 0 Å². The number of carbonyl (C=O) groups is 1. The Kier molecular flexibility index (Phi) is 4.30. The van der Waals surface area contributed by atoms with Crippen molar-refractivity contribution in [1.29, 1.82) is 0 Å². The van der Waals surface area contributed by atoms with Crippen LogP contribution in [0.15, 0.2) is 41.8 Å². The fraction of sp³-hybridized carbons (Fsp3) is 0.545. The van der Waals surface area contributed by atoms with E-state index in [2.05, 4.69) is 22.4 Å². The van der Waals surface area contributed by atoms with Crippen molar-refractivity contribution in [1.82, 2.24) is 14.9 Å². The molecule has 0 aliphatic heterocycles. The van der Waals surface area contributed by atoms with Crippen molar-refractivity contribution in [3.63, 3.8) is 0 Å². The second-order valence-corrected chi connectivity index (χ2v) is 9.90.